The largest absolute Gasteiger partial charge is 0.445 e. The second kappa shape index (κ2) is 11.3. The van der Waals surface area contributed by atoms with E-state index in [-0.39, 0.29) is 17.7 Å². The number of hydrogen-bond acceptors (Lipinski definition) is 3. The maximum Gasteiger partial charge on any atom is 0.408 e. The molecule has 0 radical (unpaired) electrons. The summed E-state index contributed by atoms with van der Waals surface area (Å²) in [7, 11) is -2.00. The first kappa shape index (κ1) is 26.6. The lowest BCUT2D eigenvalue weighted by Crippen LogP contribution is -2.45. The average molecular weight is 512 g/mol. The molecule has 0 aliphatic carbocycles. The second-order valence-corrected chi connectivity index (χ2v) is 15.8. The van der Waals surface area contributed by atoms with Gasteiger partial charge < -0.3 is 14.5 Å². The van der Waals surface area contributed by atoms with Crippen LogP contribution in [0.25, 0.3) is 27.6 Å². The highest BCUT2D eigenvalue weighted by Crippen LogP contribution is 2.36. The smallest absolute Gasteiger partial charge is 0.408 e. The van der Waals surface area contributed by atoms with Gasteiger partial charge in [0.05, 0.1) is 12.6 Å². The average Bonchev–Trinajstić information content (AvgIpc) is 2.89. The molecule has 0 heterocycles. The molecule has 4 rings (SSSR count). The third-order valence-corrected chi connectivity index (χ3v) is 11.8. The topological polar surface area (TPSA) is 47.6 Å². The van der Waals surface area contributed by atoms with Crippen molar-refractivity contribution in [3.8, 4) is 0 Å². The molecule has 0 aliphatic heterocycles. The van der Waals surface area contributed by atoms with Crippen molar-refractivity contribution in [2.24, 2.45) is 0 Å². The first-order valence-corrected chi connectivity index (χ1v) is 15.7. The lowest BCUT2D eigenvalue weighted by molar-refractivity contribution is 0.133. The van der Waals surface area contributed by atoms with Crippen molar-refractivity contribution in [2.45, 2.75) is 51.6 Å². The fourth-order valence-corrected chi connectivity index (χ4v) is 5.05. The number of rotatable bonds is 8. The van der Waals surface area contributed by atoms with E-state index in [2.05, 4.69) is 99.9 Å². The van der Waals surface area contributed by atoms with Gasteiger partial charge in [-0.3, -0.25) is 0 Å². The van der Waals surface area contributed by atoms with E-state index in [0.717, 1.165) is 11.1 Å². The Balaban J connectivity index is 1.58. The summed E-state index contributed by atoms with van der Waals surface area (Å²) < 4.78 is 12.0. The molecule has 5 heteroatoms. The van der Waals surface area contributed by atoms with Crippen molar-refractivity contribution < 1.29 is 14.0 Å². The van der Waals surface area contributed by atoms with Crippen LogP contribution in [0.1, 0.15) is 31.9 Å². The molecule has 0 saturated heterocycles. The summed E-state index contributed by atoms with van der Waals surface area (Å²) in [6.07, 6.45) is 3.65. The van der Waals surface area contributed by atoms with Crippen LogP contribution in [0.5, 0.6) is 0 Å². The maximum absolute atomic E-state index is 12.7. The fourth-order valence-electron chi connectivity index (χ4n) is 4.02. The van der Waals surface area contributed by atoms with Gasteiger partial charge in [-0.05, 0) is 56.9 Å². The van der Waals surface area contributed by atoms with Crippen LogP contribution in [0.15, 0.2) is 91.0 Å². The number of benzene rings is 4. The van der Waals surface area contributed by atoms with Gasteiger partial charge in [-0.1, -0.05) is 112 Å². The van der Waals surface area contributed by atoms with Crippen molar-refractivity contribution in [3.63, 3.8) is 0 Å². The third-order valence-electron chi connectivity index (χ3n) is 7.25. The Morgan fingerprint density at radius 1 is 0.892 bits per heavy atom. The zero-order chi connectivity index (χ0) is 26.5. The van der Waals surface area contributed by atoms with E-state index in [0.29, 0.717) is 6.61 Å². The van der Waals surface area contributed by atoms with Crippen molar-refractivity contribution in [1.82, 2.24) is 5.32 Å². The minimum Gasteiger partial charge on any atom is -0.445 e. The molecule has 0 aromatic heterocycles. The Hall–Kier alpha value is -3.41. The summed E-state index contributed by atoms with van der Waals surface area (Å²) in [6, 6.07) is 28.4. The Bertz CT molecular complexity index is 1390. The molecule has 37 heavy (non-hydrogen) atoms. The fraction of sp³-hybridized carbons (Fsp3) is 0.281. The lowest BCUT2D eigenvalue weighted by Gasteiger charge is -2.37. The molecule has 192 valence electrons. The van der Waals surface area contributed by atoms with E-state index in [1.807, 2.05) is 36.4 Å². The van der Waals surface area contributed by atoms with Crippen molar-refractivity contribution in [3.05, 3.63) is 102 Å². The van der Waals surface area contributed by atoms with Gasteiger partial charge in [0.1, 0.15) is 6.61 Å². The van der Waals surface area contributed by atoms with Crippen LogP contribution in [0.3, 0.4) is 0 Å². The standard InChI is InChI=1S/C32H37NO3Si/c1-32(2,3)37(4,5)36-23-27(33-31(34)35-22-24-13-7-6-8-14-24)20-19-26-21-25-15-9-10-16-28(25)30-18-12-11-17-29(26)30/h6-21,27H,22-23H2,1-5H3,(H,33,34)/b20-19+. The van der Waals surface area contributed by atoms with Crippen LogP contribution >= 0.6 is 0 Å². The monoisotopic (exact) mass is 511 g/mol. The predicted octanol–water partition coefficient (Wildman–Crippen LogP) is 8.32. The molecule has 4 aromatic rings. The van der Waals surface area contributed by atoms with Crippen molar-refractivity contribution in [2.75, 3.05) is 6.61 Å². The number of fused-ring (bicyclic) bond motifs is 3. The van der Waals surface area contributed by atoms with Gasteiger partial charge in [0.15, 0.2) is 8.32 Å². The van der Waals surface area contributed by atoms with Gasteiger partial charge in [0.25, 0.3) is 0 Å². The molecule has 4 aromatic carbocycles. The number of ether oxygens (including phenoxy) is 1. The highest BCUT2D eigenvalue weighted by atomic mass is 28.4. The van der Waals surface area contributed by atoms with Crippen LogP contribution < -0.4 is 5.32 Å². The summed E-state index contributed by atoms with van der Waals surface area (Å²) in [5, 5.41) is 7.89. The summed E-state index contributed by atoms with van der Waals surface area (Å²) in [5.41, 5.74) is 2.05. The van der Waals surface area contributed by atoms with Gasteiger partial charge in [-0.2, -0.15) is 0 Å². The van der Waals surface area contributed by atoms with Crippen LogP contribution in [0.4, 0.5) is 4.79 Å². The Morgan fingerprint density at radius 2 is 1.51 bits per heavy atom. The van der Waals surface area contributed by atoms with Gasteiger partial charge >= 0.3 is 6.09 Å². The summed E-state index contributed by atoms with van der Waals surface area (Å²) in [4.78, 5) is 12.7. The van der Waals surface area contributed by atoms with Gasteiger partial charge in [0, 0.05) is 0 Å². The Morgan fingerprint density at radius 3 is 2.22 bits per heavy atom. The predicted molar refractivity (Wildman–Crippen MR) is 157 cm³/mol. The summed E-state index contributed by atoms with van der Waals surface area (Å²) in [5.74, 6) is 0. The Kier molecular flexibility index (Phi) is 8.15. The van der Waals surface area contributed by atoms with Crippen LogP contribution in [-0.2, 0) is 15.8 Å². The number of amides is 1. The second-order valence-electron chi connectivity index (χ2n) is 11.0. The third kappa shape index (κ3) is 6.67. The maximum atomic E-state index is 12.7. The molecule has 1 amide bonds. The lowest BCUT2D eigenvalue weighted by atomic mass is 9.97. The van der Waals surface area contributed by atoms with Crippen LogP contribution in [0.2, 0.25) is 18.1 Å². The molecule has 1 atom stereocenters. The number of carbonyl (C=O) groups excluding carboxylic acids is 1. The van der Waals surface area contributed by atoms with Crippen molar-refractivity contribution in [1.29, 1.82) is 0 Å². The quantitative estimate of drug-likeness (QED) is 0.191. The van der Waals surface area contributed by atoms with E-state index in [9.17, 15) is 4.79 Å². The van der Waals surface area contributed by atoms with E-state index in [1.54, 1.807) is 0 Å². The minimum atomic E-state index is -2.00. The first-order valence-electron chi connectivity index (χ1n) is 12.8. The van der Waals surface area contributed by atoms with Crippen molar-refractivity contribution >= 4 is 42.0 Å². The van der Waals surface area contributed by atoms with E-state index in [4.69, 9.17) is 9.16 Å². The van der Waals surface area contributed by atoms with Gasteiger partial charge in [-0.25, -0.2) is 4.79 Å². The number of alkyl carbamates (subject to hydrolysis) is 1. The summed E-state index contributed by atoms with van der Waals surface area (Å²) >= 11 is 0. The Labute approximate surface area is 221 Å². The highest BCUT2D eigenvalue weighted by Gasteiger charge is 2.37. The molecule has 4 nitrogen and oxygen atoms in total. The molecule has 0 saturated carbocycles. The molecule has 1 unspecified atom stereocenters. The van der Waals surface area contributed by atoms with E-state index >= 15 is 0 Å². The molecular formula is C32H37NO3Si. The van der Waals surface area contributed by atoms with Gasteiger partial charge in [-0.15, -0.1) is 0 Å². The summed E-state index contributed by atoms with van der Waals surface area (Å²) in [6.45, 7) is 11.7. The van der Waals surface area contributed by atoms with Crippen LogP contribution in [0, 0.1) is 0 Å². The number of hydrogen-bond donors (Lipinski definition) is 1. The molecule has 0 fully saturated rings. The minimum absolute atomic E-state index is 0.0730. The number of carbonyl (C=O) groups is 1. The molecular weight excluding hydrogens is 474 g/mol. The highest BCUT2D eigenvalue weighted by molar-refractivity contribution is 6.74. The normalized spacial score (nSPS) is 13.2. The van der Waals surface area contributed by atoms with E-state index in [1.165, 1.54) is 21.5 Å². The zero-order valence-corrected chi connectivity index (χ0v) is 23.5. The molecule has 0 spiro atoms. The first-order chi connectivity index (χ1) is 17.6. The van der Waals surface area contributed by atoms with Gasteiger partial charge in [0.2, 0.25) is 0 Å². The number of nitrogens with one attached hydrogen (secondary N) is 1. The molecule has 0 bridgehead atoms. The SMILES string of the molecule is CC(C)(C)[Si](C)(C)OCC(/C=C/c1cc2ccccc2c2ccccc12)NC(=O)OCc1ccccc1. The van der Waals surface area contributed by atoms with Crippen LogP contribution in [-0.4, -0.2) is 27.1 Å². The van der Waals surface area contributed by atoms with E-state index < -0.39 is 14.4 Å². The molecule has 0 aliphatic rings. The zero-order valence-electron chi connectivity index (χ0n) is 22.5. The molecule has 1 N–H and O–H groups in total.